The van der Waals surface area contributed by atoms with Gasteiger partial charge in [-0.15, -0.1) is 0 Å². The Morgan fingerprint density at radius 1 is 1.53 bits per heavy atom. The van der Waals surface area contributed by atoms with Crippen molar-refractivity contribution in [3.8, 4) is 0 Å². The number of piperidine rings is 1. The third-order valence-corrected chi connectivity index (χ3v) is 3.28. The van der Waals surface area contributed by atoms with Crippen molar-refractivity contribution in [1.29, 1.82) is 0 Å². The molecule has 1 saturated heterocycles. The van der Waals surface area contributed by atoms with Gasteiger partial charge in [-0.05, 0) is 31.8 Å². The lowest BCUT2D eigenvalue weighted by atomic mass is 9.90. The third kappa shape index (κ3) is 4.95. The molecule has 19 heavy (non-hydrogen) atoms. The molecule has 0 aromatic rings. The number of hydrogen-bond acceptors (Lipinski definition) is 4. The van der Waals surface area contributed by atoms with Crippen molar-refractivity contribution in [2.24, 2.45) is 5.92 Å². The van der Waals surface area contributed by atoms with Gasteiger partial charge in [-0.2, -0.15) is 0 Å². The fourth-order valence-electron chi connectivity index (χ4n) is 2.17. The van der Waals surface area contributed by atoms with Crippen LogP contribution in [0.5, 0.6) is 0 Å². The summed E-state index contributed by atoms with van der Waals surface area (Å²) in [6.45, 7) is 3.67. The lowest BCUT2D eigenvalue weighted by molar-refractivity contribution is -0.137. The first-order chi connectivity index (χ1) is 8.93. The zero-order valence-corrected chi connectivity index (χ0v) is 11.4. The molecule has 0 saturated carbocycles. The first-order valence-electron chi connectivity index (χ1n) is 6.65. The highest BCUT2D eigenvalue weighted by Crippen LogP contribution is 2.20. The number of allylic oxidation sites excluding steroid dienone is 2. The number of aliphatic hydroxyl groups excluding tert-OH is 1. The Hall–Kier alpha value is -1.49. The van der Waals surface area contributed by atoms with E-state index in [4.69, 9.17) is 0 Å². The van der Waals surface area contributed by atoms with Gasteiger partial charge in [0.1, 0.15) is 0 Å². The van der Waals surface area contributed by atoms with Crippen molar-refractivity contribution in [1.82, 2.24) is 5.32 Å². The molecule has 5 heteroatoms. The maximum atomic E-state index is 11.7. The monoisotopic (exact) mass is 267 g/mol. The molecule has 0 unspecified atom stereocenters. The number of carbonyl (C=O) groups excluding carboxylic acids is 3. The Kier molecular flexibility index (Phi) is 5.89. The number of hydrogen-bond donors (Lipinski definition) is 2. The lowest BCUT2D eigenvalue weighted by Gasteiger charge is -2.22. The summed E-state index contributed by atoms with van der Waals surface area (Å²) in [4.78, 5) is 34.2. The predicted molar refractivity (Wildman–Crippen MR) is 70.2 cm³/mol. The summed E-state index contributed by atoms with van der Waals surface area (Å²) in [5.74, 6) is -1.09. The van der Waals surface area contributed by atoms with Gasteiger partial charge in [-0.3, -0.25) is 19.7 Å². The number of amides is 2. The Balaban J connectivity index is 2.45. The van der Waals surface area contributed by atoms with Gasteiger partial charge in [-0.1, -0.05) is 13.0 Å². The normalized spacial score (nSPS) is 22.1. The van der Waals surface area contributed by atoms with E-state index in [2.05, 4.69) is 5.32 Å². The van der Waals surface area contributed by atoms with E-state index >= 15 is 0 Å². The van der Waals surface area contributed by atoms with Crippen LogP contribution in [0.3, 0.4) is 0 Å². The number of aliphatic hydroxyl groups is 1. The minimum atomic E-state index is -0.836. The van der Waals surface area contributed by atoms with Gasteiger partial charge in [0.15, 0.2) is 5.78 Å². The molecule has 2 amide bonds. The van der Waals surface area contributed by atoms with Crippen LogP contribution in [-0.2, 0) is 14.4 Å². The number of carbonyl (C=O) groups is 3. The molecule has 2 atom stereocenters. The highest BCUT2D eigenvalue weighted by molar-refractivity contribution is 5.98. The van der Waals surface area contributed by atoms with Crippen LogP contribution in [0.2, 0.25) is 0 Å². The minimum absolute atomic E-state index is 0.0278. The van der Waals surface area contributed by atoms with E-state index in [-0.39, 0.29) is 36.4 Å². The van der Waals surface area contributed by atoms with Gasteiger partial charge in [0.2, 0.25) is 11.8 Å². The van der Waals surface area contributed by atoms with Crippen molar-refractivity contribution in [3.63, 3.8) is 0 Å². The van der Waals surface area contributed by atoms with Gasteiger partial charge in [-0.25, -0.2) is 0 Å². The van der Waals surface area contributed by atoms with E-state index in [1.807, 2.05) is 13.0 Å². The SMILES string of the molecule is CC/C=C(\C)C(=O)C[C@H](O)C[C@@H]1CCC(=O)NC1=O. The molecule has 2 N–H and O–H groups in total. The van der Waals surface area contributed by atoms with Gasteiger partial charge in [0, 0.05) is 18.8 Å². The molecule has 0 aliphatic carbocycles. The molecule has 0 aromatic heterocycles. The predicted octanol–water partition coefficient (Wildman–Crippen LogP) is 1.11. The van der Waals surface area contributed by atoms with Crippen molar-refractivity contribution in [3.05, 3.63) is 11.6 Å². The second-order valence-electron chi connectivity index (χ2n) is 4.96. The first-order valence-corrected chi connectivity index (χ1v) is 6.65. The smallest absolute Gasteiger partial charge is 0.229 e. The quantitative estimate of drug-likeness (QED) is 0.557. The highest BCUT2D eigenvalue weighted by Gasteiger charge is 2.29. The summed E-state index contributed by atoms with van der Waals surface area (Å²) < 4.78 is 0. The maximum absolute atomic E-state index is 11.7. The van der Waals surface area contributed by atoms with Gasteiger partial charge in [0.25, 0.3) is 0 Å². The number of rotatable bonds is 6. The van der Waals surface area contributed by atoms with Crippen LogP contribution in [0.15, 0.2) is 11.6 Å². The summed E-state index contributed by atoms with van der Waals surface area (Å²) in [6, 6.07) is 0. The molecule has 1 heterocycles. The van der Waals surface area contributed by atoms with Crippen molar-refractivity contribution in [2.45, 2.75) is 52.1 Å². The Morgan fingerprint density at radius 3 is 2.79 bits per heavy atom. The molecule has 0 spiro atoms. The summed E-state index contributed by atoms with van der Waals surface area (Å²) in [7, 11) is 0. The molecule has 0 aromatic carbocycles. The minimum Gasteiger partial charge on any atom is -0.393 e. The molecule has 106 valence electrons. The summed E-state index contributed by atoms with van der Waals surface area (Å²) >= 11 is 0. The fraction of sp³-hybridized carbons (Fsp3) is 0.643. The maximum Gasteiger partial charge on any atom is 0.229 e. The molecule has 1 aliphatic rings. The second-order valence-corrected chi connectivity index (χ2v) is 4.96. The standard InChI is InChI=1S/C14H21NO4/c1-3-4-9(2)12(17)8-11(16)7-10-5-6-13(18)15-14(10)19/h4,10-11,16H,3,5-8H2,1-2H3,(H,15,18,19)/b9-4+/t10-,11+/m0/s1. The summed E-state index contributed by atoms with van der Waals surface area (Å²) in [5.41, 5.74) is 0.643. The van der Waals surface area contributed by atoms with Gasteiger partial charge >= 0.3 is 0 Å². The molecular weight excluding hydrogens is 246 g/mol. The second kappa shape index (κ2) is 7.19. The van der Waals surface area contributed by atoms with Crippen LogP contribution in [-0.4, -0.2) is 28.8 Å². The number of imide groups is 1. The van der Waals surface area contributed by atoms with Crippen LogP contribution >= 0.6 is 0 Å². The topological polar surface area (TPSA) is 83.5 Å². The number of nitrogens with one attached hydrogen (secondary N) is 1. The Morgan fingerprint density at radius 2 is 2.21 bits per heavy atom. The molecule has 0 radical (unpaired) electrons. The van der Waals surface area contributed by atoms with E-state index in [0.29, 0.717) is 18.4 Å². The molecule has 1 rings (SSSR count). The van der Waals surface area contributed by atoms with Crippen molar-refractivity contribution in [2.75, 3.05) is 0 Å². The van der Waals surface area contributed by atoms with Gasteiger partial charge in [0.05, 0.1) is 6.10 Å². The van der Waals surface area contributed by atoms with E-state index in [1.54, 1.807) is 6.92 Å². The lowest BCUT2D eigenvalue weighted by Crippen LogP contribution is -2.42. The zero-order chi connectivity index (χ0) is 14.4. The number of ketones is 1. The van der Waals surface area contributed by atoms with Crippen LogP contribution in [0.1, 0.15) is 46.0 Å². The van der Waals surface area contributed by atoms with Gasteiger partial charge < -0.3 is 5.11 Å². The first kappa shape index (κ1) is 15.6. The zero-order valence-electron chi connectivity index (χ0n) is 11.4. The molecule has 1 aliphatic heterocycles. The molecular formula is C14H21NO4. The van der Waals surface area contributed by atoms with Crippen LogP contribution < -0.4 is 5.32 Å². The Bertz CT molecular complexity index is 400. The molecule has 5 nitrogen and oxygen atoms in total. The highest BCUT2D eigenvalue weighted by atomic mass is 16.3. The van der Waals surface area contributed by atoms with E-state index in [9.17, 15) is 19.5 Å². The summed E-state index contributed by atoms with van der Waals surface area (Å²) in [5, 5.41) is 12.1. The summed E-state index contributed by atoms with van der Waals surface area (Å²) in [6.07, 6.45) is 2.76. The molecule has 1 fully saturated rings. The third-order valence-electron chi connectivity index (χ3n) is 3.28. The van der Waals surface area contributed by atoms with Crippen LogP contribution in [0.4, 0.5) is 0 Å². The van der Waals surface area contributed by atoms with Crippen molar-refractivity contribution < 1.29 is 19.5 Å². The largest absolute Gasteiger partial charge is 0.393 e. The molecule has 0 bridgehead atoms. The Labute approximate surface area is 113 Å². The average molecular weight is 267 g/mol. The van der Waals surface area contributed by atoms with E-state index < -0.39 is 6.10 Å². The average Bonchev–Trinajstić information content (AvgIpc) is 2.33. The van der Waals surface area contributed by atoms with E-state index in [1.165, 1.54) is 0 Å². The number of Topliss-reactive ketones (excluding diaryl/α,β-unsaturated/α-hetero) is 1. The van der Waals surface area contributed by atoms with E-state index in [0.717, 1.165) is 6.42 Å². The van der Waals surface area contributed by atoms with Crippen molar-refractivity contribution >= 4 is 17.6 Å². The van der Waals surface area contributed by atoms with Crippen LogP contribution in [0.25, 0.3) is 0 Å². The van der Waals surface area contributed by atoms with Crippen LogP contribution in [0, 0.1) is 5.92 Å². The fourth-order valence-corrected chi connectivity index (χ4v) is 2.17.